The average Bonchev–Trinajstić information content (AvgIpc) is 3.80. The van der Waals surface area contributed by atoms with Gasteiger partial charge in [-0.05, 0) is 66.8 Å². The molecule has 3 aromatic carbocycles. The van der Waals surface area contributed by atoms with Gasteiger partial charge in [0.2, 0.25) is 21.9 Å². The number of hydrogen-bond acceptors (Lipinski definition) is 8. The highest BCUT2D eigenvalue weighted by atomic mass is 32.2. The predicted octanol–water partition coefficient (Wildman–Crippen LogP) is 5.38. The Kier molecular flexibility index (Phi) is 7.41. The van der Waals surface area contributed by atoms with Crippen LogP contribution in [0.4, 0.5) is 36.3 Å². The Hall–Kier alpha value is -4.69. The van der Waals surface area contributed by atoms with Crippen LogP contribution in [0.15, 0.2) is 77.8 Å². The van der Waals surface area contributed by atoms with Crippen molar-refractivity contribution >= 4 is 39.1 Å². The minimum atomic E-state index is -4.49. The molecule has 4 aromatic rings. The monoisotopic (exact) mass is 624 g/mol. The summed E-state index contributed by atoms with van der Waals surface area (Å²) in [6.07, 6.45) is -1.56. The van der Waals surface area contributed by atoms with E-state index in [1.54, 1.807) is 36.5 Å². The molecule has 14 heteroatoms. The van der Waals surface area contributed by atoms with Crippen LogP contribution in [0, 0.1) is 0 Å². The quantitative estimate of drug-likeness (QED) is 0.191. The molecule has 10 nitrogen and oxygen atoms in total. The van der Waals surface area contributed by atoms with Crippen LogP contribution in [0.25, 0.3) is 11.1 Å². The maximum absolute atomic E-state index is 13.2. The number of halogens is 3. The molecule has 1 aromatic heterocycles. The SMILES string of the molecule is O=C(Nc1ccc(-c2cnc3nc2NCCCNS(=O)(=O)c2cc(ccc2O)N3)cc1)C1(c2cccc(C(F)(F)F)c2)CC1. The lowest BCUT2D eigenvalue weighted by Gasteiger charge is -2.18. The van der Waals surface area contributed by atoms with Crippen LogP contribution in [0.5, 0.6) is 5.75 Å². The highest BCUT2D eigenvalue weighted by Crippen LogP contribution is 2.50. The first-order valence-electron chi connectivity index (χ1n) is 13.7. The molecule has 5 N–H and O–H groups in total. The Morgan fingerprint density at radius 2 is 1.77 bits per heavy atom. The molecule has 228 valence electrons. The van der Waals surface area contributed by atoms with Crippen molar-refractivity contribution in [3.05, 3.63) is 84.1 Å². The number of nitrogens with one attached hydrogen (secondary N) is 4. The van der Waals surface area contributed by atoms with E-state index in [0.29, 0.717) is 54.1 Å². The number of rotatable bonds is 4. The van der Waals surface area contributed by atoms with E-state index in [1.165, 1.54) is 24.3 Å². The zero-order valence-electron chi connectivity index (χ0n) is 23.1. The highest BCUT2D eigenvalue weighted by Gasteiger charge is 2.51. The summed E-state index contributed by atoms with van der Waals surface area (Å²) in [7, 11) is -3.94. The summed E-state index contributed by atoms with van der Waals surface area (Å²) in [4.78, 5) is 21.9. The maximum Gasteiger partial charge on any atom is 0.416 e. The van der Waals surface area contributed by atoms with Gasteiger partial charge in [-0.2, -0.15) is 18.2 Å². The Morgan fingerprint density at radius 3 is 2.50 bits per heavy atom. The Labute approximate surface area is 250 Å². The Morgan fingerprint density at radius 1 is 1.00 bits per heavy atom. The Bertz CT molecular complexity index is 1840. The molecule has 1 aliphatic carbocycles. The van der Waals surface area contributed by atoms with Gasteiger partial charge in [0.05, 0.1) is 11.0 Å². The van der Waals surface area contributed by atoms with Crippen molar-refractivity contribution in [1.29, 1.82) is 0 Å². The largest absolute Gasteiger partial charge is 0.507 e. The minimum Gasteiger partial charge on any atom is -0.507 e. The highest BCUT2D eigenvalue weighted by molar-refractivity contribution is 7.89. The minimum absolute atomic E-state index is 0.121. The first kappa shape index (κ1) is 29.4. The maximum atomic E-state index is 13.2. The molecule has 0 radical (unpaired) electrons. The molecule has 6 rings (SSSR count). The van der Waals surface area contributed by atoms with E-state index in [9.17, 15) is 31.5 Å². The molecule has 0 saturated heterocycles. The number of anilines is 4. The summed E-state index contributed by atoms with van der Waals surface area (Å²) in [5, 5.41) is 19.1. The number of sulfonamides is 1. The van der Waals surface area contributed by atoms with Gasteiger partial charge >= 0.3 is 6.18 Å². The molecule has 2 heterocycles. The fraction of sp³-hybridized carbons (Fsp3) is 0.233. The zero-order chi connectivity index (χ0) is 31.1. The van der Waals surface area contributed by atoms with E-state index in [-0.39, 0.29) is 29.0 Å². The molecule has 0 atom stereocenters. The summed E-state index contributed by atoms with van der Waals surface area (Å²) >= 11 is 0. The number of benzene rings is 3. The van der Waals surface area contributed by atoms with Gasteiger partial charge in [-0.3, -0.25) is 4.79 Å². The third-order valence-corrected chi connectivity index (χ3v) is 9.10. The van der Waals surface area contributed by atoms with Gasteiger partial charge in [0.15, 0.2) is 0 Å². The lowest BCUT2D eigenvalue weighted by Crippen LogP contribution is -2.28. The summed E-state index contributed by atoms with van der Waals surface area (Å²) in [5.74, 6) is -0.0563. The number of fused-ring (bicyclic) bond motifs is 4. The molecule has 1 amide bonds. The molecule has 1 aliphatic heterocycles. The summed E-state index contributed by atoms with van der Waals surface area (Å²) in [6, 6.07) is 15.9. The summed E-state index contributed by atoms with van der Waals surface area (Å²) in [6.45, 7) is 0.497. The van der Waals surface area contributed by atoms with Crippen molar-refractivity contribution < 1.29 is 31.5 Å². The number of carbonyl (C=O) groups excluding carboxylic acids is 1. The first-order valence-corrected chi connectivity index (χ1v) is 15.2. The van der Waals surface area contributed by atoms with E-state index in [0.717, 1.165) is 17.7 Å². The average molecular weight is 625 g/mol. The van der Waals surface area contributed by atoms with Crippen LogP contribution in [0.1, 0.15) is 30.4 Å². The van der Waals surface area contributed by atoms with Crippen molar-refractivity contribution in [3.8, 4) is 16.9 Å². The standard InChI is InChI=1S/C30H27F3N6O4S/c31-30(32,33)20-4-1-3-19(15-20)29(11-12-29)27(41)37-21-7-5-18(6-8-21)23-17-35-28-38-22-9-10-24(40)25(16-22)44(42,43)36-14-2-13-34-26(23)39-28/h1,3-10,15-17,36,40H,2,11-14H2,(H,37,41)(H2,34,35,38,39). The van der Waals surface area contributed by atoms with Gasteiger partial charge in [0.1, 0.15) is 16.5 Å². The molecular weight excluding hydrogens is 597 g/mol. The zero-order valence-corrected chi connectivity index (χ0v) is 23.9. The van der Waals surface area contributed by atoms with Gasteiger partial charge in [-0.15, -0.1) is 0 Å². The second-order valence-corrected chi connectivity index (χ2v) is 12.4. The number of alkyl halides is 3. The number of aromatic nitrogens is 2. The number of phenolic OH excluding ortho intramolecular Hbond substituents is 1. The number of aromatic hydroxyl groups is 1. The van der Waals surface area contributed by atoms with E-state index in [4.69, 9.17) is 0 Å². The van der Waals surface area contributed by atoms with Crippen LogP contribution in [-0.4, -0.2) is 42.5 Å². The smallest absolute Gasteiger partial charge is 0.416 e. The lowest BCUT2D eigenvalue weighted by molar-refractivity contribution is -0.137. The molecule has 44 heavy (non-hydrogen) atoms. The van der Waals surface area contributed by atoms with Crippen LogP contribution >= 0.6 is 0 Å². The van der Waals surface area contributed by atoms with Crippen LogP contribution < -0.4 is 20.7 Å². The number of phenols is 1. The van der Waals surface area contributed by atoms with Crippen molar-refractivity contribution in [3.63, 3.8) is 0 Å². The van der Waals surface area contributed by atoms with E-state index in [1.807, 2.05) is 0 Å². The number of hydrogen-bond donors (Lipinski definition) is 5. The first-order chi connectivity index (χ1) is 20.9. The molecular formula is C30H27F3N6O4S. The topological polar surface area (TPSA) is 145 Å². The van der Waals surface area contributed by atoms with Gasteiger partial charge < -0.3 is 21.1 Å². The fourth-order valence-corrected chi connectivity index (χ4v) is 6.25. The summed E-state index contributed by atoms with van der Waals surface area (Å²) < 4.78 is 67.6. The number of nitrogens with zero attached hydrogens (tertiary/aromatic N) is 2. The number of amides is 1. The van der Waals surface area contributed by atoms with Gasteiger partial charge in [0, 0.05) is 36.2 Å². The molecule has 4 bridgehead atoms. The third-order valence-electron chi connectivity index (χ3n) is 7.61. The van der Waals surface area contributed by atoms with E-state index >= 15 is 0 Å². The van der Waals surface area contributed by atoms with Crippen LogP contribution in [0.3, 0.4) is 0 Å². The normalized spacial score (nSPS) is 17.1. The molecule has 0 unspecified atom stereocenters. The molecule has 0 spiro atoms. The lowest BCUT2D eigenvalue weighted by atomic mass is 9.93. The van der Waals surface area contributed by atoms with E-state index in [2.05, 4.69) is 30.6 Å². The predicted molar refractivity (Wildman–Crippen MR) is 158 cm³/mol. The van der Waals surface area contributed by atoms with Crippen molar-refractivity contribution in [2.24, 2.45) is 0 Å². The molecule has 1 fully saturated rings. The second-order valence-electron chi connectivity index (χ2n) is 10.6. The molecule has 1 saturated carbocycles. The summed E-state index contributed by atoms with van der Waals surface area (Å²) in [5.41, 5.74) is 0.787. The number of carbonyl (C=O) groups is 1. The molecule has 2 aliphatic rings. The fourth-order valence-electron chi connectivity index (χ4n) is 5.05. The van der Waals surface area contributed by atoms with Crippen LogP contribution in [-0.2, 0) is 26.4 Å². The Balaban J connectivity index is 1.22. The second kappa shape index (κ2) is 11.1. The van der Waals surface area contributed by atoms with Gasteiger partial charge in [0.25, 0.3) is 0 Å². The third kappa shape index (κ3) is 5.90. The van der Waals surface area contributed by atoms with Crippen LogP contribution in [0.2, 0.25) is 0 Å². The van der Waals surface area contributed by atoms with Gasteiger partial charge in [-0.1, -0.05) is 30.3 Å². The van der Waals surface area contributed by atoms with Gasteiger partial charge in [-0.25, -0.2) is 18.1 Å². The van der Waals surface area contributed by atoms with E-state index < -0.39 is 27.2 Å². The van der Waals surface area contributed by atoms with Crippen molar-refractivity contribution in [2.75, 3.05) is 29.0 Å². The van der Waals surface area contributed by atoms with Crippen molar-refractivity contribution in [2.45, 2.75) is 35.7 Å². The van der Waals surface area contributed by atoms with Crippen molar-refractivity contribution in [1.82, 2.24) is 14.7 Å².